The zero-order valence-electron chi connectivity index (χ0n) is 10.8. The SMILES string of the molecule is O.O.c1cc(-c2ccc(-c3ccncc3)cc2)ccn1. The molecule has 0 aliphatic carbocycles. The lowest BCUT2D eigenvalue weighted by Crippen LogP contribution is -1.81. The number of rotatable bonds is 2. The van der Waals surface area contributed by atoms with Crippen molar-refractivity contribution in [2.45, 2.75) is 0 Å². The second-order valence-corrected chi connectivity index (χ2v) is 4.05. The Hall–Kier alpha value is -2.56. The van der Waals surface area contributed by atoms with Crippen molar-refractivity contribution in [1.82, 2.24) is 9.97 Å². The normalized spacial score (nSPS) is 9.20. The summed E-state index contributed by atoms with van der Waals surface area (Å²) in [5.74, 6) is 0. The minimum absolute atomic E-state index is 0. The van der Waals surface area contributed by atoms with Crippen molar-refractivity contribution >= 4 is 0 Å². The Balaban J connectivity index is 0.000001000. The van der Waals surface area contributed by atoms with Gasteiger partial charge in [0, 0.05) is 24.8 Å². The third kappa shape index (κ3) is 3.26. The monoisotopic (exact) mass is 268 g/mol. The molecule has 4 nitrogen and oxygen atoms in total. The van der Waals surface area contributed by atoms with Crippen LogP contribution in [0.15, 0.2) is 73.3 Å². The van der Waals surface area contributed by atoms with Gasteiger partial charge >= 0.3 is 0 Å². The first-order chi connectivity index (χ1) is 8.93. The van der Waals surface area contributed by atoms with Crippen LogP contribution in [-0.4, -0.2) is 20.9 Å². The van der Waals surface area contributed by atoms with Crippen LogP contribution in [0.1, 0.15) is 0 Å². The van der Waals surface area contributed by atoms with Crippen molar-refractivity contribution in [2.24, 2.45) is 0 Å². The molecular formula is C16H16N2O2. The molecule has 0 fully saturated rings. The lowest BCUT2D eigenvalue weighted by molar-refractivity contribution is 0.823. The lowest BCUT2D eigenvalue weighted by Gasteiger charge is -2.04. The molecule has 0 unspecified atom stereocenters. The molecule has 20 heavy (non-hydrogen) atoms. The molecule has 3 rings (SSSR count). The Labute approximate surface area is 117 Å². The average Bonchev–Trinajstić information content (AvgIpc) is 2.49. The number of benzene rings is 1. The van der Waals surface area contributed by atoms with E-state index in [1.165, 1.54) is 22.3 Å². The zero-order valence-corrected chi connectivity index (χ0v) is 10.8. The second-order valence-electron chi connectivity index (χ2n) is 4.05. The van der Waals surface area contributed by atoms with Gasteiger partial charge in [-0.25, -0.2) is 0 Å². The highest BCUT2D eigenvalue weighted by Gasteiger charge is 1.99. The van der Waals surface area contributed by atoms with Crippen LogP contribution < -0.4 is 0 Å². The van der Waals surface area contributed by atoms with E-state index in [1.807, 2.05) is 49.1 Å². The van der Waals surface area contributed by atoms with E-state index in [2.05, 4.69) is 34.2 Å². The predicted molar refractivity (Wildman–Crippen MR) is 80.1 cm³/mol. The van der Waals surface area contributed by atoms with Crippen LogP contribution in [0.3, 0.4) is 0 Å². The van der Waals surface area contributed by atoms with Crippen LogP contribution in [0.25, 0.3) is 22.3 Å². The maximum absolute atomic E-state index is 4.03. The maximum atomic E-state index is 4.03. The van der Waals surface area contributed by atoms with Crippen molar-refractivity contribution in [2.75, 3.05) is 0 Å². The largest absolute Gasteiger partial charge is 0.412 e. The van der Waals surface area contributed by atoms with Gasteiger partial charge in [-0.15, -0.1) is 0 Å². The van der Waals surface area contributed by atoms with Crippen molar-refractivity contribution in [3.8, 4) is 22.3 Å². The highest BCUT2D eigenvalue weighted by molar-refractivity contribution is 5.69. The summed E-state index contributed by atoms with van der Waals surface area (Å²) < 4.78 is 0. The van der Waals surface area contributed by atoms with Gasteiger partial charge in [0.05, 0.1) is 0 Å². The molecule has 0 amide bonds. The molecular weight excluding hydrogens is 252 g/mol. The Morgan fingerprint density at radius 3 is 0.950 bits per heavy atom. The molecule has 0 aliphatic heterocycles. The van der Waals surface area contributed by atoms with Crippen molar-refractivity contribution in [3.63, 3.8) is 0 Å². The number of nitrogens with zero attached hydrogens (tertiary/aromatic N) is 2. The molecule has 0 aliphatic rings. The van der Waals surface area contributed by atoms with E-state index < -0.39 is 0 Å². The number of pyridine rings is 2. The van der Waals surface area contributed by atoms with Crippen LogP contribution in [0, 0.1) is 0 Å². The van der Waals surface area contributed by atoms with E-state index in [-0.39, 0.29) is 11.0 Å². The molecule has 3 aromatic rings. The third-order valence-corrected chi connectivity index (χ3v) is 2.91. The summed E-state index contributed by atoms with van der Waals surface area (Å²) in [7, 11) is 0. The zero-order chi connectivity index (χ0) is 12.2. The summed E-state index contributed by atoms with van der Waals surface area (Å²) in [5.41, 5.74) is 4.78. The van der Waals surface area contributed by atoms with Gasteiger partial charge in [-0.2, -0.15) is 0 Å². The molecule has 0 atom stereocenters. The van der Waals surface area contributed by atoms with Gasteiger partial charge in [-0.05, 0) is 46.5 Å². The van der Waals surface area contributed by atoms with E-state index in [0.717, 1.165) is 0 Å². The molecule has 0 spiro atoms. The average molecular weight is 268 g/mol. The summed E-state index contributed by atoms with van der Waals surface area (Å²) in [5, 5.41) is 0. The van der Waals surface area contributed by atoms with Gasteiger partial charge in [0.1, 0.15) is 0 Å². The fraction of sp³-hybridized carbons (Fsp3) is 0. The summed E-state index contributed by atoms with van der Waals surface area (Å²) in [6, 6.07) is 16.6. The van der Waals surface area contributed by atoms with E-state index in [9.17, 15) is 0 Å². The van der Waals surface area contributed by atoms with Crippen LogP contribution in [0.5, 0.6) is 0 Å². The highest BCUT2D eigenvalue weighted by atomic mass is 16.0. The number of aromatic nitrogens is 2. The van der Waals surface area contributed by atoms with E-state index in [1.54, 1.807) is 0 Å². The van der Waals surface area contributed by atoms with E-state index in [4.69, 9.17) is 0 Å². The predicted octanol–water partition coefficient (Wildman–Crippen LogP) is 2.16. The second kappa shape index (κ2) is 7.13. The molecule has 0 saturated carbocycles. The Morgan fingerprint density at radius 2 is 0.650 bits per heavy atom. The molecule has 0 saturated heterocycles. The lowest BCUT2D eigenvalue weighted by atomic mass is 10.0. The quantitative estimate of drug-likeness (QED) is 0.712. The van der Waals surface area contributed by atoms with Crippen molar-refractivity contribution < 1.29 is 11.0 Å². The molecule has 0 bridgehead atoms. The fourth-order valence-corrected chi connectivity index (χ4v) is 1.94. The minimum Gasteiger partial charge on any atom is -0.412 e. The van der Waals surface area contributed by atoms with Crippen molar-refractivity contribution in [3.05, 3.63) is 73.3 Å². The number of hydrogen-bond acceptors (Lipinski definition) is 2. The van der Waals surface area contributed by atoms with Crippen LogP contribution in [0.4, 0.5) is 0 Å². The van der Waals surface area contributed by atoms with Gasteiger partial charge in [0.25, 0.3) is 0 Å². The van der Waals surface area contributed by atoms with Crippen LogP contribution in [-0.2, 0) is 0 Å². The maximum Gasteiger partial charge on any atom is 0.0273 e. The van der Waals surface area contributed by atoms with Gasteiger partial charge in [0.15, 0.2) is 0 Å². The molecule has 2 aromatic heterocycles. The molecule has 2 heterocycles. The number of hydrogen-bond donors (Lipinski definition) is 0. The molecule has 4 N–H and O–H groups in total. The molecule has 4 heteroatoms. The summed E-state index contributed by atoms with van der Waals surface area (Å²) in [6.45, 7) is 0. The van der Waals surface area contributed by atoms with Gasteiger partial charge in [-0.1, -0.05) is 24.3 Å². The topological polar surface area (TPSA) is 88.8 Å². The van der Waals surface area contributed by atoms with Crippen molar-refractivity contribution in [1.29, 1.82) is 0 Å². The van der Waals surface area contributed by atoms with E-state index in [0.29, 0.717) is 0 Å². The Bertz CT molecular complexity index is 567. The van der Waals surface area contributed by atoms with E-state index >= 15 is 0 Å². The first kappa shape index (κ1) is 15.5. The fourth-order valence-electron chi connectivity index (χ4n) is 1.94. The first-order valence-electron chi connectivity index (χ1n) is 5.84. The molecule has 0 radical (unpaired) electrons. The Kier molecular flexibility index (Phi) is 5.53. The van der Waals surface area contributed by atoms with Crippen LogP contribution in [0.2, 0.25) is 0 Å². The summed E-state index contributed by atoms with van der Waals surface area (Å²) in [4.78, 5) is 8.06. The highest BCUT2D eigenvalue weighted by Crippen LogP contribution is 2.23. The summed E-state index contributed by atoms with van der Waals surface area (Å²) >= 11 is 0. The molecule has 1 aromatic carbocycles. The third-order valence-electron chi connectivity index (χ3n) is 2.91. The summed E-state index contributed by atoms with van der Waals surface area (Å²) in [6.07, 6.45) is 7.25. The first-order valence-corrected chi connectivity index (χ1v) is 5.84. The standard InChI is InChI=1S/C16H12N2.2H2O/c1-2-14(16-7-11-18-12-8-16)4-3-13(1)15-5-9-17-10-6-15;;/h1-12H;2*1H2. The van der Waals surface area contributed by atoms with Gasteiger partial charge in [0.2, 0.25) is 0 Å². The Morgan fingerprint density at radius 1 is 0.400 bits per heavy atom. The van der Waals surface area contributed by atoms with Gasteiger partial charge in [-0.3, -0.25) is 9.97 Å². The van der Waals surface area contributed by atoms with Gasteiger partial charge < -0.3 is 11.0 Å². The molecule has 102 valence electrons. The minimum atomic E-state index is 0. The van der Waals surface area contributed by atoms with Crippen LogP contribution >= 0.6 is 0 Å². The smallest absolute Gasteiger partial charge is 0.0273 e.